The highest BCUT2D eigenvalue weighted by molar-refractivity contribution is 5.49. The minimum Gasteiger partial charge on any atom is -0.383 e. The van der Waals surface area contributed by atoms with Crippen LogP contribution in [0.1, 0.15) is 12.5 Å². The molecular weight excluding hydrogens is 259 g/mol. The number of likely N-dealkylation sites (N-methyl/N-ethyl adjacent to an activating group) is 1. The average Bonchev–Trinajstić information content (AvgIpc) is 2.43. The topological polar surface area (TPSA) is 33.7 Å². The number of hydrogen-bond acceptors (Lipinski definition) is 4. The summed E-state index contributed by atoms with van der Waals surface area (Å²) in [5.74, 6) is -0.207. The van der Waals surface area contributed by atoms with E-state index < -0.39 is 0 Å². The van der Waals surface area contributed by atoms with Crippen LogP contribution in [-0.4, -0.2) is 47.1 Å². The largest absolute Gasteiger partial charge is 0.383 e. The maximum absolute atomic E-state index is 14.1. The van der Waals surface area contributed by atoms with Crippen molar-refractivity contribution in [2.75, 3.05) is 45.9 Å². The first kappa shape index (κ1) is 16.9. The molecule has 1 N–H and O–H groups in total. The number of nitrogens with zero attached hydrogens (tertiary/aromatic N) is 1. The highest BCUT2D eigenvalue weighted by Crippen LogP contribution is 2.21. The number of ether oxygens (including phenoxy) is 2. The molecule has 0 aliphatic carbocycles. The summed E-state index contributed by atoms with van der Waals surface area (Å²) >= 11 is 0. The average molecular weight is 284 g/mol. The molecule has 1 unspecified atom stereocenters. The molecule has 4 nitrogen and oxygen atoms in total. The van der Waals surface area contributed by atoms with Gasteiger partial charge < -0.3 is 19.7 Å². The molecule has 0 radical (unpaired) electrons. The highest BCUT2D eigenvalue weighted by Gasteiger charge is 2.14. The fourth-order valence-electron chi connectivity index (χ4n) is 1.94. The Bertz CT molecular complexity index is 401. The standard InChI is InChI=1S/C15H25FN2O2/c1-12(11-20-4)18(2)15-6-5-13(9-14(15)16)10-17-7-8-19-3/h5-6,9,12,17H,7-8,10-11H2,1-4H3. The van der Waals surface area contributed by atoms with Crippen molar-refractivity contribution in [3.8, 4) is 0 Å². The van der Waals surface area contributed by atoms with Gasteiger partial charge in [0.1, 0.15) is 5.82 Å². The molecule has 1 aromatic carbocycles. The summed E-state index contributed by atoms with van der Waals surface area (Å²) < 4.78 is 24.2. The van der Waals surface area contributed by atoms with Crippen LogP contribution >= 0.6 is 0 Å². The fraction of sp³-hybridized carbons (Fsp3) is 0.600. The van der Waals surface area contributed by atoms with E-state index in [-0.39, 0.29) is 11.9 Å². The first-order valence-corrected chi connectivity index (χ1v) is 6.80. The summed E-state index contributed by atoms with van der Waals surface area (Å²) in [5, 5.41) is 3.20. The van der Waals surface area contributed by atoms with Gasteiger partial charge in [0.05, 0.1) is 18.9 Å². The molecule has 0 aliphatic rings. The van der Waals surface area contributed by atoms with E-state index in [1.165, 1.54) is 0 Å². The lowest BCUT2D eigenvalue weighted by atomic mass is 10.1. The zero-order valence-electron chi connectivity index (χ0n) is 12.8. The lowest BCUT2D eigenvalue weighted by Gasteiger charge is -2.27. The SMILES string of the molecule is COCCNCc1ccc(N(C)C(C)COC)c(F)c1. The molecule has 0 amide bonds. The van der Waals surface area contributed by atoms with E-state index in [0.29, 0.717) is 25.4 Å². The Morgan fingerprint density at radius 1 is 1.30 bits per heavy atom. The molecule has 0 aromatic heterocycles. The summed E-state index contributed by atoms with van der Waals surface area (Å²) in [4.78, 5) is 1.89. The molecule has 1 rings (SSSR count). The van der Waals surface area contributed by atoms with Crippen LogP contribution in [0.2, 0.25) is 0 Å². The first-order chi connectivity index (χ1) is 9.60. The van der Waals surface area contributed by atoms with Crippen molar-refractivity contribution in [1.29, 1.82) is 0 Å². The summed E-state index contributed by atoms with van der Waals surface area (Å²) in [6.45, 7) is 4.61. The van der Waals surface area contributed by atoms with E-state index in [1.807, 2.05) is 31.0 Å². The number of halogens is 1. The summed E-state index contributed by atoms with van der Waals surface area (Å²) in [6.07, 6.45) is 0. The van der Waals surface area contributed by atoms with Crippen molar-refractivity contribution >= 4 is 5.69 Å². The zero-order chi connectivity index (χ0) is 15.0. The second-order valence-corrected chi connectivity index (χ2v) is 4.87. The molecule has 0 spiro atoms. The van der Waals surface area contributed by atoms with E-state index in [2.05, 4.69) is 5.32 Å². The van der Waals surface area contributed by atoms with Crippen molar-refractivity contribution in [1.82, 2.24) is 5.32 Å². The molecule has 5 heteroatoms. The number of hydrogen-bond donors (Lipinski definition) is 1. The Balaban J connectivity index is 2.63. The first-order valence-electron chi connectivity index (χ1n) is 6.80. The van der Waals surface area contributed by atoms with Crippen LogP contribution in [0.25, 0.3) is 0 Å². The van der Waals surface area contributed by atoms with Crippen molar-refractivity contribution in [3.05, 3.63) is 29.6 Å². The van der Waals surface area contributed by atoms with E-state index >= 15 is 0 Å². The maximum Gasteiger partial charge on any atom is 0.146 e. The normalized spacial score (nSPS) is 12.4. The lowest BCUT2D eigenvalue weighted by Crippen LogP contribution is -2.33. The number of rotatable bonds is 9. The molecule has 0 fully saturated rings. The number of methoxy groups -OCH3 is 2. The number of anilines is 1. The van der Waals surface area contributed by atoms with Crippen molar-refractivity contribution in [2.24, 2.45) is 0 Å². The minimum absolute atomic E-state index is 0.125. The second kappa shape index (κ2) is 8.89. The van der Waals surface area contributed by atoms with Crippen LogP contribution in [0.5, 0.6) is 0 Å². The third-order valence-corrected chi connectivity index (χ3v) is 3.27. The van der Waals surface area contributed by atoms with Crippen LogP contribution in [0.15, 0.2) is 18.2 Å². The minimum atomic E-state index is -0.207. The van der Waals surface area contributed by atoms with Crippen molar-refractivity contribution in [2.45, 2.75) is 19.5 Å². The summed E-state index contributed by atoms with van der Waals surface area (Å²) in [7, 11) is 5.18. The van der Waals surface area contributed by atoms with Crippen molar-refractivity contribution in [3.63, 3.8) is 0 Å². The molecule has 1 aromatic rings. The predicted octanol–water partition coefficient (Wildman–Crippen LogP) is 2.03. The molecule has 20 heavy (non-hydrogen) atoms. The zero-order valence-corrected chi connectivity index (χ0v) is 12.8. The van der Waals surface area contributed by atoms with Crippen LogP contribution in [-0.2, 0) is 16.0 Å². The Kier molecular flexibility index (Phi) is 7.51. The Morgan fingerprint density at radius 2 is 2.05 bits per heavy atom. The Hall–Kier alpha value is -1.17. The number of nitrogens with one attached hydrogen (secondary N) is 1. The Morgan fingerprint density at radius 3 is 2.65 bits per heavy atom. The van der Waals surface area contributed by atoms with E-state index in [0.717, 1.165) is 12.1 Å². The molecule has 0 saturated carbocycles. The van der Waals surface area contributed by atoms with Gasteiger partial charge in [-0.05, 0) is 24.6 Å². The van der Waals surface area contributed by atoms with Crippen LogP contribution < -0.4 is 10.2 Å². The van der Waals surface area contributed by atoms with Gasteiger partial charge in [0, 0.05) is 40.4 Å². The fourth-order valence-corrected chi connectivity index (χ4v) is 1.94. The van der Waals surface area contributed by atoms with Crippen molar-refractivity contribution < 1.29 is 13.9 Å². The molecule has 1 atom stereocenters. The van der Waals surface area contributed by atoms with Gasteiger partial charge in [-0.25, -0.2) is 4.39 Å². The van der Waals surface area contributed by atoms with Gasteiger partial charge in [-0.3, -0.25) is 0 Å². The third kappa shape index (κ3) is 5.07. The van der Waals surface area contributed by atoms with Gasteiger partial charge in [-0.2, -0.15) is 0 Å². The monoisotopic (exact) mass is 284 g/mol. The smallest absolute Gasteiger partial charge is 0.146 e. The molecule has 0 bridgehead atoms. The summed E-state index contributed by atoms with van der Waals surface area (Å²) in [6, 6.07) is 5.45. The van der Waals surface area contributed by atoms with Gasteiger partial charge in [-0.1, -0.05) is 6.07 Å². The van der Waals surface area contributed by atoms with Gasteiger partial charge in [0.25, 0.3) is 0 Å². The molecule has 0 saturated heterocycles. The second-order valence-electron chi connectivity index (χ2n) is 4.87. The predicted molar refractivity (Wildman–Crippen MR) is 79.7 cm³/mol. The molecular formula is C15H25FN2O2. The van der Waals surface area contributed by atoms with Crippen LogP contribution in [0.3, 0.4) is 0 Å². The quantitative estimate of drug-likeness (QED) is 0.704. The molecule has 0 heterocycles. The van der Waals surface area contributed by atoms with E-state index in [4.69, 9.17) is 9.47 Å². The maximum atomic E-state index is 14.1. The van der Waals surface area contributed by atoms with Gasteiger partial charge >= 0.3 is 0 Å². The van der Waals surface area contributed by atoms with Gasteiger partial charge in [0.2, 0.25) is 0 Å². The van der Waals surface area contributed by atoms with Gasteiger partial charge in [-0.15, -0.1) is 0 Å². The third-order valence-electron chi connectivity index (χ3n) is 3.27. The molecule has 114 valence electrons. The number of benzene rings is 1. The Labute approximate surface area is 120 Å². The summed E-state index contributed by atoms with van der Waals surface area (Å²) in [5.41, 5.74) is 1.52. The molecule has 0 aliphatic heterocycles. The highest BCUT2D eigenvalue weighted by atomic mass is 19.1. The van der Waals surface area contributed by atoms with Gasteiger partial charge in [0.15, 0.2) is 0 Å². The van der Waals surface area contributed by atoms with E-state index in [1.54, 1.807) is 20.3 Å². The van der Waals surface area contributed by atoms with Crippen LogP contribution in [0, 0.1) is 5.82 Å². The lowest BCUT2D eigenvalue weighted by molar-refractivity contribution is 0.183. The van der Waals surface area contributed by atoms with Crippen LogP contribution in [0.4, 0.5) is 10.1 Å². The van der Waals surface area contributed by atoms with E-state index in [9.17, 15) is 4.39 Å².